The van der Waals surface area contributed by atoms with Crippen LogP contribution in [0.15, 0.2) is 34.1 Å². The first-order valence-electron chi connectivity index (χ1n) is 6.53. The summed E-state index contributed by atoms with van der Waals surface area (Å²) in [5, 5.41) is 0. The highest BCUT2D eigenvalue weighted by Crippen LogP contribution is 2.20. The van der Waals surface area contributed by atoms with Gasteiger partial charge in [-0.05, 0) is 31.0 Å². The van der Waals surface area contributed by atoms with Gasteiger partial charge in [-0.15, -0.1) is 0 Å². The maximum Gasteiger partial charge on any atom is 0.243 e. The number of hydrogen-bond acceptors (Lipinski definition) is 4. The van der Waals surface area contributed by atoms with Crippen LogP contribution in [0.5, 0.6) is 0 Å². The number of benzene rings is 1. The highest BCUT2D eigenvalue weighted by Gasteiger charge is 2.24. The standard InChI is InChI=1S/C13H21NO4S2/c1-4-9-14(10-5-2)20(17,18)13-8-6-7-12(11-13)19(3,15)16/h6-8,11H,4-5,9-10H2,1-3H3. The summed E-state index contributed by atoms with van der Waals surface area (Å²) in [6, 6.07) is 5.52. The second-order valence-electron chi connectivity index (χ2n) is 4.65. The number of sulfonamides is 1. The third-order valence-electron chi connectivity index (χ3n) is 2.82. The van der Waals surface area contributed by atoms with Gasteiger partial charge in [-0.3, -0.25) is 0 Å². The van der Waals surface area contributed by atoms with E-state index in [-0.39, 0.29) is 9.79 Å². The molecule has 7 heteroatoms. The van der Waals surface area contributed by atoms with Crippen molar-refractivity contribution in [1.29, 1.82) is 0 Å². The van der Waals surface area contributed by atoms with E-state index in [0.29, 0.717) is 25.9 Å². The van der Waals surface area contributed by atoms with Crippen LogP contribution in [0.1, 0.15) is 26.7 Å². The van der Waals surface area contributed by atoms with E-state index in [9.17, 15) is 16.8 Å². The molecule has 0 saturated heterocycles. The Bertz CT molecular complexity index is 645. The molecule has 0 N–H and O–H groups in total. The molecule has 0 amide bonds. The Kier molecular flexibility index (Phi) is 5.73. The lowest BCUT2D eigenvalue weighted by molar-refractivity contribution is 0.410. The van der Waals surface area contributed by atoms with Crippen LogP contribution in [0.3, 0.4) is 0 Å². The SMILES string of the molecule is CCCN(CCC)S(=O)(=O)c1cccc(S(C)(=O)=O)c1. The number of nitrogens with zero attached hydrogens (tertiary/aromatic N) is 1. The lowest BCUT2D eigenvalue weighted by atomic mass is 10.4. The lowest BCUT2D eigenvalue weighted by Gasteiger charge is -2.21. The van der Waals surface area contributed by atoms with Crippen molar-refractivity contribution in [2.45, 2.75) is 36.5 Å². The van der Waals surface area contributed by atoms with Gasteiger partial charge in [0.05, 0.1) is 9.79 Å². The van der Waals surface area contributed by atoms with Crippen LogP contribution in [0.25, 0.3) is 0 Å². The monoisotopic (exact) mass is 319 g/mol. The molecule has 0 atom stereocenters. The number of rotatable bonds is 7. The highest BCUT2D eigenvalue weighted by molar-refractivity contribution is 7.91. The minimum absolute atomic E-state index is 0.0199. The summed E-state index contributed by atoms with van der Waals surface area (Å²) < 4.78 is 49.5. The molecule has 1 rings (SSSR count). The van der Waals surface area contributed by atoms with E-state index in [1.54, 1.807) is 0 Å². The smallest absolute Gasteiger partial charge is 0.224 e. The molecule has 114 valence electrons. The Hall–Kier alpha value is -0.920. The van der Waals surface area contributed by atoms with Crippen LogP contribution in [-0.2, 0) is 19.9 Å². The molecular weight excluding hydrogens is 298 g/mol. The maximum absolute atomic E-state index is 12.5. The van der Waals surface area contributed by atoms with Crippen molar-refractivity contribution in [1.82, 2.24) is 4.31 Å². The molecule has 0 radical (unpaired) electrons. The molecule has 0 saturated carbocycles. The fourth-order valence-electron chi connectivity index (χ4n) is 1.87. The molecule has 0 aliphatic rings. The van der Waals surface area contributed by atoms with Gasteiger partial charge in [0.15, 0.2) is 9.84 Å². The van der Waals surface area contributed by atoms with Crippen molar-refractivity contribution >= 4 is 19.9 Å². The maximum atomic E-state index is 12.5. The Morgan fingerprint density at radius 1 is 0.950 bits per heavy atom. The second kappa shape index (κ2) is 6.69. The molecule has 1 aromatic rings. The van der Waals surface area contributed by atoms with E-state index >= 15 is 0 Å². The van der Waals surface area contributed by atoms with Gasteiger partial charge in [0.25, 0.3) is 0 Å². The first kappa shape index (κ1) is 17.1. The van der Waals surface area contributed by atoms with Crippen LogP contribution in [0, 0.1) is 0 Å². The normalized spacial score (nSPS) is 12.8. The van der Waals surface area contributed by atoms with E-state index < -0.39 is 19.9 Å². The second-order valence-corrected chi connectivity index (χ2v) is 8.60. The average Bonchev–Trinajstić information content (AvgIpc) is 2.37. The summed E-state index contributed by atoms with van der Waals surface area (Å²) in [6.07, 6.45) is 2.49. The van der Waals surface area contributed by atoms with Crippen LogP contribution in [-0.4, -0.2) is 40.5 Å². The summed E-state index contributed by atoms with van der Waals surface area (Å²) in [5.74, 6) is 0. The summed E-state index contributed by atoms with van der Waals surface area (Å²) in [5.41, 5.74) is 0. The largest absolute Gasteiger partial charge is 0.243 e. The van der Waals surface area contributed by atoms with Crippen LogP contribution in [0.2, 0.25) is 0 Å². The average molecular weight is 319 g/mol. The zero-order valence-corrected chi connectivity index (χ0v) is 13.7. The minimum Gasteiger partial charge on any atom is -0.224 e. The van der Waals surface area contributed by atoms with Crippen LogP contribution in [0.4, 0.5) is 0 Å². The number of sulfone groups is 1. The molecule has 0 fully saturated rings. The first-order chi connectivity index (χ1) is 9.23. The first-order valence-corrected chi connectivity index (χ1v) is 9.87. The van der Waals surface area contributed by atoms with Crippen LogP contribution >= 0.6 is 0 Å². The van der Waals surface area contributed by atoms with E-state index in [1.807, 2.05) is 13.8 Å². The Labute approximate surface area is 121 Å². The molecule has 0 unspecified atom stereocenters. The fourth-order valence-corrected chi connectivity index (χ4v) is 4.28. The topological polar surface area (TPSA) is 71.5 Å². The summed E-state index contributed by atoms with van der Waals surface area (Å²) in [6.45, 7) is 4.68. The summed E-state index contributed by atoms with van der Waals surface area (Å²) in [7, 11) is -7.06. The zero-order valence-electron chi connectivity index (χ0n) is 12.0. The van der Waals surface area contributed by atoms with Gasteiger partial charge in [0.1, 0.15) is 0 Å². The van der Waals surface area contributed by atoms with Crippen molar-refractivity contribution in [2.75, 3.05) is 19.3 Å². The molecule has 0 aromatic heterocycles. The van der Waals surface area contributed by atoms with Gasteiger partial charge in [0, 0.05) is 19.3 Å². The van der Waals surface area contributed by atoms with Crippen LogP contribution < -0.4 is 0 Å². The van der Waals surface area contributed by atoms with Gasteiger partial charge in [-0.2, -0.15) is 4.31 Å². The highest BCUT2D eigenvalue weighted by atomic mass is 32.2. The van der Waals surface area contributed by atoms with E-state index in [1.165, 1.54) is 28.6 Å². The summed E-state index contributed by atoms with van der Waals surface area (Å²) in [4.78, 5) is 0.0499. The molecule has 0 heterocycles. The molecule has 5 nitrogen and oxygen atoms in total. The van der Waals surface area contributed by atoms with Crippen molar-refractivity contribution in [2.24, 2.45) is 0 Å². The third kappa shape index (κ3) is 4.04. The van der Waals surface area contributed by atoms with Crippen molar-refractivity contribution in [3.05, 3.63) is 24.3 Å². The molecule has 0 aliphatic heterocycles. The Morgan fingerprint density at radius 2 is 1.45 bits per heavy atom. The van der Waals surface area contributed by atoms with E-state index in [0.717, 1.165) is 6.26 Å². The van der Waals surface area contributed by atoms with E-state index in [2.05, 4.69) is 0 Å². The Balaban J connectivity index is 3.27. The molecule has 0 aliphatic carbocycles. The Morgan fingerprint density at radius 3 is 1.90 bits per heavy atom. The third-order valence-corrected chi connectivity index (χ3v) is 5.82. The predicted octanol–water partition coefficient (Wildman–Crippen LogP) is 1.90. The molecule has 1 aromatic carbocycles. The van der Waals surface area contributed by atoms with Gasteiger partial charge in [-0.1, -0.05) is 19.9 Å². The zero-order chi connectivity index (χ0) is 15.4. The molecule has 0 bridgehead atoms. The van der Waals surface area contributed by atoms with Gasteiger partial charge in [0.2, 0.25) is 10.0 Å². The quantitative estimate of drug-likeness (QED) is 0.769. The molecule has 20 heavy (non-hydrogen) atoms. The molecular formula is C13H21NO4S2. The van der Waals surface area contributed by atoms with Crippen molar-refractivity contribution in [3.8, 4) is 0 Å². The van der Waals surface area contributed by atoms with E-state index in [4.69, 9.17) is 0 Å². The number of hydrogen-bond donors (Lipinski definition) is 0. The molecule has 0 spiro atoms. The van der Waals surface area contributed by atoms with Crippen molar-refractivity contribution in [3.63, 3.8) is 0 Å². The van der Waals surface area contributed by atoms with Gasteiger partial charge < -0.3 is 0 Å². The minimum atomic E-state index is -3.64. The summed E-state index contributed by atoms with van der Waals surface area (Å²) >= 11 is 0. The van der Waals surface area contributed by atoms with Crippen molar-refractivity contribution < 1.29 is 16.8 Å². The fraction of sp³-hybridized carbons (Fsp3) is 0.538. The van der Waals surface area contributed by atoms with Gasteiger partial charge >= 0.3 is 0 Å². The predicted molar refractivity (Wildman–Crippen MR) is 78.9 cm³/mol. The van der Waals surface area contributed by atoms with Gasteiger partial charge in [-0.25, -0.2) is 16.8 Å². The lowest BCUT2D eigenvalue weighted by Crippen LogP contribution is -2.32.